The summed E-state index contributed by atoms with van der Waals surface area (Å²) in [6, 6.07) is 10.8. The lowest BCUT2D eigenvalue weighted by Crippen LogP contribution is -2.35. The molecule has 1 aliphatic rings. The fourth-order valence-electron chi connectivity index (χ4n) is 3.62. The number of halogens is 3. The fourth-order valence-corrected chi connectivity index (χ4v) is 3.62. The van der Waals surface area contributed by atoms with Crippen molar-refractivity contribution in [3.8, 4) is 0 Å². The number of nitrogens with zero attached hydrogens (tertiary/aromatic N) is 2. The second-order valence-corrected chi connectivity index (χ2v) is 7.53. The van der Waals surface area contributed by atoms with Crippen LogP contribution in [0.3, 0.4) is 0 Å². The summed E-state index contributed by atoms with van der Waals surface area (Å²) in [5.74, 6) is -3.77. The zero-order chi connectivity index (χ0) is 20.8. The molecule has 8 heteroatoms. The molecule has 1 amide bonds. The predicted molar refractivity (Wildman–Crippen MR) is 102 cm³/mol. The zero-order valence-electron chi connectivity index (χ0n) is 15.9. The topological polar surface area (TPSA) is 61.0 Å². The smallest absolute Gasteiger partial charge is 0.256 e. The largest absolute Gasteiger partial charge is 0.305 e. The SMILES string of the molecule is CC1(C)c2[nH]nc(NC(=O)c3ccccc3)c2CN1Cc1cc(F)c(F)c(F)c1. The Morgan fingerprint density at radius 3 is 2.48 bits per heavy atom. The number of nitrogens with one attached hydrogen (secondary N) is 2. The van der Waals surface area contributed by atoms with Crippen molar-refractivity contribution >= 4 is 11.7 Å². The summed E-state index contributed by atoms with van der Waals surface area (Å²) in [5.41, 5.74) is 1.92. The maximum Gasteiger partial charge on any atom is 0.256 e. The first-order valence-electron chi connectivity index (χ1n) is 9.10. The number of anilines is 1. The van der Waals surface area contributed by atoms with Gasteiger partial charge < -0.3 is 5.32 Å². The highest BCUT2D eigenvalue weighted by Crippen LogP contribution is 2.41. The molecule has 0 saturated carbocycles. The number of amides is 1. The van der Waals surface area contributed by atoms with Gasteiger partial charge >= 0.3 is 0 Å². The molecule has 4 rings (SSSR count). The van der Waals surface area contributed by atoms with Gasteiger partial charge in [-0.25, -0.2) is 13.2 Å². The van der Waals surface area contributed by atoms with Crippen molar-refractivity contribution in [2.45, 2.75) is 32.5 Å². The quantitative estimate of drug-likeness (QED) is 0.641. The highest BCUT2D eigenvalue weighted by Gasteiger charge is 2.41. The Bertz CT molecular complexity index is 1060. The molecule has 0 unspecified atom stereocenters. The van der Waals surface area contributed by atoms with E-state index in [-0.39, 0.29) is 12.5 Å². The average molecular weight is 400 g/mol. The van der Waals surface area contributed by atoms with Gasteiger partial charge in [0.05, 0.1) is 11.2 Å². The maximum absolute atomic E-state index is 13.6. The van der Waals surface area contributed by atoms with E-state index in [4.69, 9.17) is 0 Å². The standard InChI is InChI=1S/C21H19F3N4O/c1-21(2)18-14(11-28(21)10-12-8-15(22)17(24)16(23)9-12)19(27-26-18)25-20(29)13-6-4-3-5-7-13/h3-9H,10-11H2,1-2H3,(H2,25,26,27,29). The van der Waals surface area contributed by atoms with E-state index in [0.717, 1.165) is 23.4 Å². The Balaban J connectivity index is 1.57. The summed E-state index contributed by atoms with van der Waals surface area (Å²) in [7, 11) is 0. The molecule has 2 aromatic carbocycles. The zero-order valence-corrected chi connectivity index (χ0v) is 15.9. The van der Waals surface area contributed by atoms with Crippen LogP contribution in [0.1, 0.15) is 41.0 Å². The van der Waals surface area contributed by atoms with Gasteiger partial charge in [-0.15, -0.1) is 0 Å². The van der Waals surface area contributed by atoms with Gasteiger partial charge in [0.1, 0.15) is 0 Å². The number of rotatable bonds is 4. The third kappa shape index (κ3) is 3.40. The van der Waals surface area contributed by atoms with Gasteiger partial charge in [0.15, 0.2) is 23.3 Å². The van der Waals surface area contributed by atoms with E-state index in [1.54, 1.807) is 24.3 Å². The highest BCUT2D eigenvalue weighted by molar-refractivity contribution is 6.04. The molecule has 0 bridgehead atoms. The first kappa shape index (κ1) is 19.2. The Labute approximate surface area is 165 Å². The first-order chi connectivity index (χ1) is 13.8. The van der Waals surface area contributed by atoms with Crippen LogP contribution in [0.25, 0.3) is 0 Å². The molecule has 1 aliphatic heterocycles. The summed E-state index contributed by atoms with van der Waals surface area (Å²) < 4.78 is 40.4. The molecular weight excluding hydrogens is 381 g/mol. The van der Waals surface area contributed by atoms with E-state index >= 15 is 0 Å². The van der Waals surface area contributed by atoms with Gasteiger partial charge in [-0.2, -0.15) is 5.10 Å². The van der Waals surface area contributed by atoms with Crippen LogP contribution in [-0.2, 0) is 18.6 Å². The normalized spacial score (nSPS) is 15.3. The molecule has 29 heavy (non-hydrogen) atoms. The van der Waals surface area contributed by atoms with Crippen molar-refractivity contribution < 1.29 is 18.0 Å². The van der Waals surface area contributed by atoms with Crippen molar-refractivity contribution in [2.75, 3.05) is 5.32 Å². The van der Waals surface area contributed by atoms with Crippen LogP contribution in [0.5, 0.6) is 0 Å². The van der Waals surface area contributed by atoms with Crippen LogP contribution in [-0.4, -0.2) is 21.0 Å². The highest BCUT2D eigenvalue weighted by atomic mass is 19.2. The van der Waals surface area contributed by atoms with Crippen molar-refractivity contribution in [3.63, 3.8) is 0 Å². The van der Waals surface area contributed by atoms with E-state index < -0.39 is 23.0 Å². The number of carbonyl (C=O) groups is 1. The van der Waals surface area contributed by atoms with Gasteiger partial charge in [-0.1, -0.05) is 18.2 Å². The molecule has 0 atom stereocenters. The summed E-state index contributed by atoms with van der Waals surface area (Å²) >= 11 is 0. The van der Waals surface area contributed by atoms with Gasteiger partial charge in [-0.3, -0.25) is 14.8 Å². The Kier molecular flexibility index (Phi) is 4.66. The molecule has 0 fully saturated rings. The maximum atomic E-state index is 13.6. The summed E-state index contributed by atoms with van der Waals surface area (Å²) in [6.07, 6.45) is 0. The van der Waals surface area contributed by atoms with Gasteiger partial charge in [-0.05, 0) is 43.7 Å². The molecule has 5 nitrogen and oxygen atoms in total. The van der Waals surface area contributed by atoms with Gasteiger partial charge in [0, 0.05) is 24.2 Å². The van der Waals surface area contributed by atoms with Gasteiger partial charge in [0.2, 0.25) is 0 Å². The van der Waals surface area contributed by atoms with Crippen LogP contribution < -0.4 is 5.32 Å². The second kappa shape index (κ2) is 7.04. The number of fused-ring (bicyclic) bond motifs is 1. The number of hydrogen-bond acceptors (Lipinski definition) is 3. The summed E-state index contributed by atoms with van der Waals surface area (Å²) in [6.45, 7) is 4.49. The predicted octanol–water partition coefficient (Wildman–Crippen LogP) is 4.33. The minimum Gasteiger partial charge on any atom is -0.305 e. The van der Waals surface area contributed by atoms with E-state index in [2.05, 4.69) is 15.5 Å². The van der Waals surface area contributed by atoms with E-state index in [1.807, 2.05) is 24.8 Å². The molecule has 1 aromatic heterocycles. The summed E-state index contributed by atoms with van der Waals surface area (Å²) in [5, 5.41) is 10.0. The molecule has 2 N–H and O–H groups in total. The Hall–Kier alpha value is -3.13. The van der Waals surface area contributed by atoms with Crippen molar-refractivity contribution in [2.24, 2.45) is 0 Å². The molecule has 0 radical (unpaired) electrons. The van der Waals surface area contributed by atoms with Crippen LogP contribution in [0.15, 0.2) is 42.5 Å². The molecule has 3 aromatic rings. The van der Waals surface area contributed by atoms with Crippen molar-refractivity contribution in [3.05, 3.63) is 82.3 Å². The number of benzene rings is 2. The third-order valence-corrected chi connectivity index (χ3v) is 5.30. The lowest BCUT2D eigenvalue weighted by molar-refractivity contribution is 0.102. The lowest BCUT2D eigenvalue weighted by Gasteiger charge is -2.31. The van der Waals surface area contributed by atoms with Gasteiger partial charge in [0.25, 0.3) is 5.91 Å². The molecular formula is C21H19F3N4O. The van der Waals surface area contributed by atoms with Crippen LogP contribution in [0.4, 0.5) is 19.0 Å². The second-order valence-electron chi connectivity index (χ2n) is 7.53. The Morgan fingerprint density at radius 1 is 1.17 bits per heavy atom. The lowest BCUT2D eigenvalue weighted by atomic mass is 10.00. The average Bonchev–Trinajstić information content (AvgIpc) is 3.19. The monoisotopic (exact) mass is 400 g/mol. The number of carbonyl (C=O) groups excluding carboxylic acids is 1. The van der Waals surface area contributed by atoms with Crippen LogP contribution >= 0.6 is 0 Å². The molecule has 0 spiro atoms. The van der Waals surface area contributed by atoms with Crippen molar-refractivity contribution in [1.29, 1.82) is 0 Å². The van der Waals surface area contributed by atoms with Crippen LogP contribution in [0.2, 0.25) is 0 Å². The fraction of sp³-hybridized carbons (Fsp3) is 0.238. The van der Waals surface area contributed by atoms with Crippen molar-refractivity contribution in [1.82, 2.24) is 15.1 Å². The number of aromatic nitrogens is 2. The van der Waals surface area contributed by atoms with E-state index in [0.29, 0.717) is 23.5 Å². The summed E-state index contributed by atoms with van der Waals surface area (Å²) in [4.78, 5) is 14.4. The van der Waals surface area contributed by atoms with E-state index in [9.17, 15) is 18.0 Å². The molecule has 150 valence electrons. The van der Waals surface area contributed by atoms with Crippen LogP contribution in [0, 0.1) is 17.5 Å². The molecule has 0 saturated heterocycles. The molecule has 0 aliphatic carbocycles. The number of hydrogen-bond donors (Lipinski definition) is 2. The Morgan fingerprint density at radius 2 is 1.83 bits per heavy atom. The minimum absolute atomic E-state index is 0.204. The third-order valence-electron chi connectivity index (χ3n) is 5.30. The number of H-pyrrole nitrogens is 1. The first-order valence-corrected chi connectivity index (χ1v) is 9.10. The molecule has 2 heterocycles. The minimum atomic E-state index is -1.48. The number of aromatic amines is 1. The van der Waals surface area contributed by atoms with E-state index in [1.165, 1.54) is 0 Å².